The number of rotatable bonds is 5. The van der Waals surface area contributed by atoms with Gasteiger partial charge in [0.25, 0.3) is 0 Å². The molecule has 150 valence electrons. The van der Waals surface area contributed by atoms with E-state index in [-0.39, 0.29) is 17.2 Å². The number of carbonyl (C=O) groups is 1. The number of fused-ring (bicyclic) bond motifs is 1. The molecule has 0 fully saturated rings. The predicted molar refractivity (Wildman–Crippen MR) is 113 cm³/mol. The normalized spacial score (nSPS) is 16.6. The second-order valence-corrected chi connectivity index (χ2v) is 8.51. The lowest BCUT2D eigenvalue weighted by Crippen LogP contribution is -2.40. The molecule has 2 heterocycles. The Balaban J connectivity index is 1.59. The summed E-state index contributed by atoms with van der Waals surface area (Å²) in [4.78, 5) is 15.2. The summed E-state index contributed by atoms with van der Waals surface area (Å²) in [5, 5.41) is 12.3. The van der Waals surface area contributed by atoms with E-state index in [0.717, 1.165) is 23.4 Å². The van der Waals surface area contributed by atoms with Crippen molar-refractivity contribution in [2.75, 3.05) is 12.0 Å². The number of aryl methyl sites for hydroxylation is 1. The summed E-state index contributed by atoms with van der Waals surface area (Å²) < 4.78 is 7.09. The highest BCUT2D eigenvalue weighted by atomic mass is 32.2. The molecule has 1 aromatic heterocycles. The number of anilines is 1. The third kappa shape index (κ3) is 3.60. The molecule has 1 aliphatic heterocycles. The lowest BCUT2D eigenvalue weighted by Gasteiger charge is -2.25. The fraction of sp³-hybridized carbons (Fsp3) is 0.333. The van der Waals surface area contributed by atoms with Crippen LogP contribution in [0.5, 0.6) is 5.75 Å². The molecule has 0 saturated heterocycles. The van der Waals surface area contributed by atoms with Crippen LogP contribution in [0.3, 0.4) is 0 Å². The van der Waals surface area contributed by atoms with Crippen LogP contribution < -0.4 is 9.64 Å². The molecule has 0 saturated carbocycles. The summed E-state index contributed by atoms with van der Waals surface area (Å²) >= 11 is 1.35. The number of methoxy groups -OCH3 is 1. The van der Waals surface area contributed by atoms with Gasteiger partial charge in [-0.15, -0.1) is 5.10 Å². The van der Waals surface area contributed by atoms with Crippen LogP contribution in [-0.2, 0) is 11.2 Å². The number of hydrogen-bond acceptors (Lipinski definition) is 6. The van der Waals surface area contributed by atoms with Gasteiger partial charge in [-0.2, -0.15) is 4.68 Å². The van der Waals surface area contributed by atoms with Crippen molar-refractivity contribution in [2.45, 2.75) is 43.6 Å². The highest BCUT2D eigenvalue weighted by Crippen LogP contribution is 2.35. The van der Waals surface area contributed by atoms with Gasteiger partial charge in [-0.05, 0) is 66.9 Å². The van der Waals surface area contributed by atoms with E-state index in [1.807, 2.05) is 55.1 Å². The number of para-hydroxylation sites is 1. The van der Waals surface area contributed by atoms with Crippen LogP contribution in [0.1, 0.15) is 25.0 Å². The third-order valence-electron chi connectivity index (χ3n) is 5.08. The van der Waals surface area contributed by atoms with Gasteiger partial charge in [-0.25, -0.2) is 0 Å². The number of carbonyl (C=O) groups excluding carboxylic acids is 1. The van der Waals surface area contributed by atoms with Crippen LogP contribution in [-0.4, -0.2) is 44.5 Å². The largest absolute Gasteiger partial charge is 0.494 e. The number of ether oxygens (including phenoxy) is 1. The van der Waals surface area contributed by atoms with Gasteiger partial charge in [-0.3, -0.25) is 4.79 Å². The smallest absolute Gasteiger partial charge is 0.240 e. The molecule has 7 nitrogen and oxygen atoms in total. The standard InChI is InChI=1S/C21H23N5O2S/c1-13-9-10-19(28-4)18(11-13)26-21(22-23-24-26)29-15(3)20(27)25-14(2)12-16-7-5-6-8-17(16)25/h5-11,14-15H,12H2,1-4H3. The molecule has 2 unspecified atom stereocenters. The number of amides is 1. The molecule has 2 aromatic carbocycles. The number of hydrogen-bond donors (Lipinski definition) is 0. The highest BCUT2D eigenvalue weighted by Gasteiger charge is 2.34. The Morgan fingerprint density at radius 2 is 2.03 bits per heavy atom. The summed E-state index contributed by atoms with van der Waals surface area (Å²) in [6.07, 6.45) is 0.873. The van der Waals surface area contributed by atoms with Gasteiger partial charge in [-0.1, -0.05) is 36.0 Å². The Morgan fingerprint density at radius 1 is 1.24 bits per heavy atom. The maximum Gasteiger partial charge on any atom is 0.240 e. The van der Waals surface area contributed by atoms with Gasteiger partial charge in [0.15, 0.2) is 0 Å². The van der Waals surface area contributed by atoms with E-state index in [4.69, 9.17) is 4.74 Å². The van der Waals surface area contributed by atoms with Crippen molar-refractivity contribution in [2.24, 2.45) is 0 Å². The molecule has 1 amide bonds. The van der Waals surface area contributed by atoms with Gasteiger partial charge in [0.2, 0.25) is 11.1 Å². The van der Waals surface area contributed by atoms with E-state index in [1.54, 1.807) is 11.8 Å². The number of aromatic nitrogens is 4. The van der Waals surface area contributed by atoms with Gasteiger partial charge < -0.3 is 9.64 Å². The number of thioether (sulfide) groups is 1. The maximum atomic E-state index is 13.3. The molecule has 1 aliphatic rings. The Kier molecular flexibility index (Phi) is 5.27. The van der Waals surface area contributed by atoms with Crippen LogP contribution in [0.25, 0.3) is 5.69 Å². The minimum absolute atomic E-state index is 0.0539. The Bertz CT molecular complexity index is 1050. The van der Waals surface area contributed by atoms with Crippen LogP contribution in [0, 0.1) is 6.92 Å². The second kappa shape index (κ2) is 7.87. The molecule has 29 heavy (non-hydrogen) atoms. The highest BCUT2D eigenvalue weighted by molar-refractivity contribution is 8.00. The van der Waals surface area contributed by atoms with E-state index in [2.05, 4.69) is 28.5 Å². The fourth-order valence-corrected chi connectivity index (χ4v) is 4.52. The van der Waals surface area contributed by atoms with Crippen LogP contribution in [0.4, 0.5) is 5.69 Å². The first-order valence-corrected chi connectivity index (χ1v) is 10.4. The Morgan fingerprint density at radius 3 is 2.83 bits per heavy atom. The summed E-state index contributed by atoms with van der Waals surface area (Å²) in [5.74, 6) is 0.726. The second-order valence-electron chi connectivity index (χ2n) is 7.20. The molecular weight excluding hydrogens is 386 g/mol. The quantitative estimate of drug-likeness (QED) is 0.601. The fourth-order valence-electron chi connectivity index (χ4n) is 3.67. The van der Waals surface area contributed by atoms with E-state index in [0.29, 0.717) is 10.9 Å². The average molecular weight is 410 g/mol. The van der Waals surface area contributed by atoms with Crippen molar-refractivity contribution in [1.82, 2.24) is 20.2 Å². The van der Waals surface area contributed by atoms with Gasteiger partial charge in [0.05, 0.1) is 12.4 Å². The first kappa shape index (κ1) is 19.4. The number of tetrazole rings is 1. The van der Waals surface area contributed by atoms with Crippen molar-refractivity contribution in [3.8, 4) is 11.4 Å². The van der Waals surface area contributed by atoms with Crippen molar-refractivity contribution in [3.63, 3.8) is 0 Å². The number of benzene rings is 2. The molecule has 0 aliphatic carbocycles. The monoisotopic (exact) mass is 409 g/mol. The Hall–Kier alpha value is -2.87. The predicted octanol–water partition coefficient (Wildman–Crippen LogP) is 3.44. The Labute approximate surface area is 174 Å². The lowest BCUT2D eigenvalue weighted by atomic mass is 10.1. The molecule has 0 radical (unpaired) electrons. The minimum atomic E-state index is -0.343. The molecule has 2 atom stereocenters. The SMILES string of the molecule is COc1ccc(C)cc1-n1nnnc1SC(C)C(=O)N1c2ccccc2CC1C. The lowest BCUT2D eigenvalue weighted by molar-refractivity contribution is -0.118. The van der Waals surface area contributed by atoms with E-state index >= 15 is 0 Å². The molecular formula is C21H23N5O2S. The first-order valence-electron chi connectivity index (χ1n) is 9.50. The van der Waals surface area contributed by atoms with E-state index in [9.17, 15) is 4.79 Å². The molecule has 0 bridgehead atoms. The average Bonchev–Trinajstić information content (AvgIpc) is 3.30. The van der Waals surface area contributed by atoms with Crippen molar-refractivity contribution in [1.29, 1.82) is 0 Å². The minimum Gasteiger partial charge on any atom is -0.494 e. The first-order chi connectivity index (χ1) is 14.0. The van der Waals surface area contributed by atoms with Gasteiger partial charge in [0.1, 0.15) is 11.4 Å². The van der Waals surface area contributed by atoms with E-state index < -0.39 is 0 Å². The zero-order chi connectivity index (χ0) is 20.5. The van der Waals surface area contributed by atoms with Crippen molar-refractivity contribution < 1.29 is 9.53 Å². The molecule has 3 aromatic rings. The molecule has 4 rings (SSSR count). The van der Waals surface area contributed by atoms with Crippen LogP contribution in [0.2, 0.25) is 0 Å². The van der Waals surface area contributed by atoms with Crippen LogP contribution >= 0.6 is 11.8 Å². The zero-order valence-corrected chi connectivity index (χ0v) is 17.7. The number of nitrogens with zero attached hydrogens (tertiary/aromatic N) is 5. The van der Waals surface area contributed by atoms with E-state index in [1.165, 1.54) is 17.3 Å². The molecule has 8 heteroatoms. The summed E-state index contributed by atoms with van der Waals surface area (Å²) in [7, 11) is 1.61. The molecule has 0 spiro atoms. The summed E-state index contributed by atoms with van der Waals surface area (Å²) in [5.41, 5.74) is 4.02. The maximum absolute atomic E-state index is 13.3. The zero-order valence-electron chi connectivity index (χ0n) is 16.9. The third-order valence-corrected chi connectivity index (χ3v) is 6.10. The summed E-state index contributed by atoms with van der Waals surface area (Å²) in [6.45, 7) is 5.97. The van der Waals surface area contributed by atoms with Crippen molar-refractivity contribution in [3.05, 3.63) is 53.6 Å². The van der Waals surface area contributed by atoms with Gasteiger partial charge >= 0.3 is 0 Å². The van der Waals surface area contributed by atoms with Crippen molar-refractivity contribution >= 4 is 23.4 Å². The van der Waals surface area contributed by atoms with Gasteiger partial charge in [0, 0.05) is 11.7 Å². The molecule has 0 N–H and O–H groups in total. The topological polar surface area (TPSA) is 73.1 Å². The van der Waals surface area contributed by atoms with Crippen LogP contribution in [0.15, 0.2) is 47.6 Å². The summed E-state index contributed by atoms with van der Waals surface area (Å²) in [6, 6.07) is 14.0.